The average Bonchev–Trinajstić information content (AvgIpc) is 2.64. The van der Waals surface area contributed by atoms with E-state index in [9.17, 15) is 15.2 Å². The molecule has 0 saturated heterocycles. The third-order valence-electron chi connectivity index (χ3n) is 4.65. The van der Waals surface area contributed by atoms with Gasteiger partial charge in [-0.1, -0.05) is 39.3 Å². The molecule has 7 heteroatoms. The molecule has 0 unspecified atom stereocenters. The van der Waals surface area contributed by atoms with E-state index in [-0.39, 0.29) is 17.9 Å². The van der Waals surface area contributed by atoms with Gasteiger partial charge in [-0.15, -0.1) is 0 Å². The van der Waals surface area contributed by atoms with Gasteiger partial charge in [0.1, 0.15) is 0 Å². The SMILES string of the molecule is CC(C)c1cc(C#N)cc(C(C)C)c1NC(=O)NSc1cc(Cl)cc(C(C)(C)O)c1. The Labute approximate surface area is 188 Å². The van der Waals surface area contributed by atoms with E-state index >= 15 is 0 Å². The molecule has 2 amide bonds. The maximum atomic E-state index is 12.7. The lowest BCUT2D eigenvalue weighted by molar-refractivity contribution is 0.0784. The Balaban J connectivity index is 2.25. The largest absolute Gasteiger partial charge is 0.386 e. The van der Waals surface area contributed by atoms with Crippen molar-refractivity contribution in [1.82, 2.24) is 4.72 Å². The van der Waals surface area contributed by atoms with Gasteiger partial charge in [0, 0.05) is 15.6 Å². The summed E-state index contributed by atoms with van der Waals surface area (Å²) in [5.41, 5.74) is 2.79. The number of anilines is 1. The van der Waals surface area contributed by atoms with E-state index in [0.717, 1.165) is 28.8 Å². The van der Waals surface area contributed by atoms with Gasteiger partial charge >= 0.3 is 6.03 Å². The van der Waals surface area contributed by atoms with Crippen LogP contribution in [0.4, 0.5) is 10.5 Å². The van der Waals surface area contributed by atoms with Crippen LogP contribution in [0.2, 0.25) is 5.02 Å². The number of aliphatic hydroxyl groups is 1. The Bertz CT molecular complexity index is 946. The van der Waals surface area contributed by atoms with Crippen molar-refractivity contribution < 1.29 is 9.90 Å². The van der Waals surface area contributed by atoms with E-state index in [1.165, 1.54) is 0 Å². The zero-order valence-electron chi connectivity index (χ0n) is 18.1. The van der Waals surface area contributed by atoms with Crippen molar-refractivity contribution in [2.45, 2.75) is 63.9 Å². The summed E-state index contributed by atoms with van der Waals surface area (Å²) < 4.78 is 2.78. The minimum absolute atomic E-state index is 0.140. The summed E-state index contributed by atoms with van der Waals surface area (Å²) in [4.78, 5) is 13.4. The Kier molecular flexibility index (Phi) is 7.81. The van der Waals surface area contributed by atoms with Gasteiger partial charge in [-0.3, -0.25) is 4.72 Å². The van der Waals surface area contributed by atoms with Crippen LogP contribution in [0.5, 0.6) is 0 Å². The van der Waals surface area contributed by atoms with Gasteiger partial charge in [0.2, 0.25) is 0 Å². The van der Waals surface area contributed by atoms with Crippen LogP contribution in [0.15, 0.2) is 35.2 Å². The summed E-state index contributed by atoms with van der Waals surface area (Å²) in [5.74, 6) is 0.280. The molecule has 0 aliphatic rings. The number of nitrogens with one attached hydrogen (secondary N) is 2. The van der Waals surface area contributed by atoms with Crippen LogP contribution < -0.4 is 10.0 Å². The fourth-order valence-corrected chi connectivity index (χ4v) is 3.96. The fourth-order valence-electron chi connectivity index (χ4n) is 3.03. The van der Waals surface area contributed by atoms with E-state index in [1.807, 2.05) is 39.8 Å². The highest BCUT2D eigenvalue weighted by Crippen LogP contribution is 2.34. The first-order valence-corrected chi connectivity index (χ1v) is 11.0. The molecule has 160 valence electrons. The first-order chi connectivity index (χ1) is 13.9. The van der Waals surface area contributed by atoms with Gasteiger partial charge in [-0.05, 0) is 84.7 Å². The van der Waals surface area contributed by atoms with Gasteiger partial charge in [0.05, 0.1) is 17.2 Å². The quantitative estimate of drug-likeness (QED) is 0.442. The van der Waals surface area contributed by atoms with Crippen molar-refractivity contribution in [2.75, 3.05) is 5.32 Å². The number of carbonyl (C=O) groups excluding carboxylic acids is 1. The summed E-state index contributed by atoms with van der Waals surface area (Å²) in [6.07, 6.45) is 0. The molecule has 3 N–H and O–H groups in total. The van der Waals surface area contributed by atoms with Crippen molar-refractivity contribution in [3.05, 3.63) is 57.6 Å². The van der Waals surface area contributed by atoms with Gasteiger partial charge in [0.15, 0.2) is 0 Å². The predicted molar refractivity (Wildman–Crippen MR) is 124 cm³/mol. The first-order valence-electron chi connectivity index (χ1n) is 9.77. The summed E-state index contributed by atoms with van der Waals surface area (Å²) >= 11 is 7.28. The number of nitriles is 1. The Morgan fingerprint density at radius 1 is 1.10 bits per heavy atom. The molecular formula is C23H28ClN3O2S. The van der Waals surface area contributed by atoms with Crippen molar-refractivity contribution in [3.8, 4) is 6.07 Å². The second-order valence-corrected chi connectivity index (χ2v) is 9.66. The number of amides is 2. The number of halogens is 1. The van der Waals surface area contributed by atoms with E-state index in [4.69, 9.17) is 11.6 Å². The van der Waals surface area contributed by atoms with Gasteiger partial charge in [-0.25, -0.2) is 4.79 Å². The van der Waals surface area contributed by atoms with Crippen molar-refractivity contribution in [2.24, 2.45) is 0 Å². The molecule has 0 heterocycles. The van der Waals surface area contributed by atoms with Crippen LogP contribution in [0.1, 0.15) is 75.6 Å². The Morgan fingerprint density at radius 3 is 2.13 bits per heavy atom. The molecule has 0 bridgehead atoms. The average molecular weight is 446 g/mol. The van der Waals surface area contributed by atoms with Gasteiger partial charge in [0.25, 0.3) is 0 Å². The smallest absolute Gasteiger partial charge is 0.329 e. The van der Waals surface area contributed by atoms with Gasteiger partial charge in [-0.2, -0.15) is 5.26 Å². The molecule has 0 spiro atoms. The zero-order chi connectivity index (χ0) is 22.6. The van der Waals surface area contributed by atoms with E-state index < -0.39 is 5.60 Å². The lowest BCUT2D eigenvalue weighted by Crippen LogP contribution is -2.25. The zero-order valence-corrected chi connectivity index (χ0v) is 19.7. The highest BCUT2D eigenvalue weighted by atomic mass is 35.5. The summed E-state index contributed by atoms with van der Waals surface area (Å²) in [6, 6.07) is 10.7. The topological polar surface area (TPSA) is 85.2 Å². The number of hydrogen-bond acceptors (Lipinski definition) is 4. The maximum Gasteiger partial charge on any atom is 0.329 e. The Hall–Kier alpha value is -2.20. The van der Waals surface area contributed by atoms with Crippen molar-refractivity contribution >= 4 is 35.3 Å². The maximum absolute atomic E-state index is 12.7. The molecule has 2 aromatic rings. The van der Waals surface area contributed by atoms with Crippen molar-refractivity contribution in [1.29, 1.82) is 5.26 Å². The monoisotopic (exact) mass is 445 g/mol. The normalized spacial score (nSPS) is 11.5. The van der Waals surface area contributed by atoms with Crippen LogP contribution >= 0.6 is 23.5 Å². The summed E-state index contributed by atoms with van der Waals surface area (Å²) in [5, 5.41) is 23.0. The number of carbonyl (C=O) groups is 1. The standard InChI is InChI=1S/C23H28ClN3O2S/c1-13(2)19-7-15(12-25)8-20(14(3)4)21(19)26-22(28)27-30-18-10-16(23(5,6)29)9-17(24)11-18/h7-11,13-14,29H,1-6H3,(H2,26,27,28). The van der Waals surface area contributed by atoms with Crippen LogP contribution in [-0.2, 0) is 5.60 Å². The molecule has 2 rings (SSSR count). The molecule has 30 heavy (non-hydrogen) atoms. The molecule has 5 nitrogen and oxygen atoms in total. The number of urea groups is 1. The third-order valence-corrected chi connectivity index (χ3v) is 5.63. The minimum atomic E-state index is -1.04. The van der Waals surface area contributed by atoms with Gasteiger partial charge < -0.3 is 10.4 Å². The fraction of sp³-hybridized carbons (Fsp3) is 0.391. The number of rotatable bonds is 6. The van der Waals surface area contributed by atoms with Crippen molar-refractivity contribution in [3.63, 3.8) is 0 Å². The van der Waals surface area contributed by atoms with E-state index in [0.29, 0.717) is 21.0 Å². The second-order valence-electron chi connectivity index (χ2n) is 8.34. The lowest BCUT2D eigenvalue weighted by Gasteiger charge is -2.21. The highest BCUT2D eigenvalue weighted by Gasteiger charge is 2.19. The van der Waals surface area contributed by atoms with Crippen LogP contribution in [0.3, 0.4) is 0 Å². The van der Waals surface area contributed by atoms with Crippen LogP contribution in [0, 0.1) is 11.3 Å². The highest BCUT2D eigenvalue weighted by molar-refractivity contribution is 7.98. The first kappa shape index (κ1) is 24.1. The van der Waals surface area contributed by atoms with E-state index in [2.05, 4.69) is 16.1 Å². The lowest BCUT2D eigenvalue weighted by atomic mass is 9.90. The molecule has 0 radical (unpaired) electrons. The second kappa shape index (κ2) is 9.74. The number of benzene rings is 2. The van der Waals surface area contributed by atoms with Crippen LogP contribution in [0.25, 0.3) is 0 Å². The predicted octanol–water partition coefficient (Wildman–Crippen LogP) is 6.51. The molecular weight excluding hydrogens is 418 g/mol. The minimum Gasteiger partial charge on any atom is -0.386 e. The number of nitrogens with zero attached hydrogens (tertiary/aromatic N) is 1. The molecule has 2 aromatic carbocycles. The molecule has 0 atom stereocenters. The summed E-state index contributed by atoms with van der Waals surface area (Å²) in [6.45, 7) is 11.5. The molecule has 0 aliphatic heterocycles. The van der Waals surface area contributed by atoms with E-state index in [1.54, 1.807) is 32.0 Å². The summed E-state index contributed by atoms with van der Waals surface area (Å²) in [7, 11) is 0. The van der Waals surface area contributed by atoms with Crippen LogP contribution in [-0.4, -0.2) is 11.1 Å². The molecule has 0 saturated carbocycles. The Morgan fingerprint density at radius 2 is 1.67 bits per heavy atom. The molecule has 0 aliphatic carbocycles. The molecule has 0 fully saturated rings. The molecule has 0 aromatic heterocycles. The number of hydrogen-bond donors (Lipinski definition) is 3. The third kappa shape index (κ3) is 6.15.